The first kappa shape index (κ1) is 18.7. The molecule has 3 aliphatic carbocycles. The largest absolute Gasteiger partial charge is 0.393 e. The van der Waals surface area contributed by atoms with Crippen molar-refractivity contribution in [3.05, 3.63) is 0 Å². The molecule has 0 aromatic rings. The number of rotatable bonds is 4. The number of hydrogen-bond acceptors (Lipinski definition) is 3. The van der Waals surface area contributed by atoms with Crippen LogP contribution >= 0.6 is 0 Å². The zero-order valence-electron chi connectivity index (χ0n) is 16.1. The Bertz CT molecular complexity index is 470. The van der Waals surface area contributed by atoms with Crippen LogP contribution in [-0.2, 0) is 0 Å². The van der Waals surface area contributed by atoms with Gasteiger partial charge in [-0.2, -0.15) is 0 Å². The molecule has 2 bridgehead atoms. The van der Waals surface area contributed by atoms with Gasteiger partial charge in [0.2, 0.25) is 0 Å². The molecule has 140 valence electrons. The second kappa shape index (κ2) is 5.96. The van der Waals surface area contributed by atoms with E-state index in [1.807, 2.05) is 0 Å². The van der Waals surface area contributed by atoms with Crippen molar-refractivity contribution in [2.24, 2.45) is 28.1 Å². The van der Waals surface area contributed by atoms with Crippen molar-refractivity contribution < 1.29 is 15.3 Å². The molecule has 1 spiro atoms. The van der Waals surface area contributed by atoms with E-state index in [0.29, 0.717) is 11.8 Å². The summed E-state index contributed by atoms with van der Waals surface area (Å²) in [5, 5.41) is 31.2. The van der Waals surface area contributed by atoms with Crippen LogP contribution in [0.15, 0.2) is 0 Å². The van der Waals surface area contributed by atoms with E-state index in [-0.39, 0.29) is 29.0 Å². The summed E-state index contributed by atoms with van der Waals surface area (Å²) in [6, 6.07) is 0. The fourth-order valence-electron chi connectivity index (χ4n) is 6.67. The second-order valence-electron chi connectivity index (χ2n) is 10.8. The highest BCUT2D eigenvalue weighted by Gasteiger charge is 2.63. The van der Waals surface area contributed by atoms with Crippen molar-refractivity contribution in [3.8, 4) is 0 Å². The Balaban J connectivity index is 1.77. The van der Waals surface area contributed by atoms with Gasteiger partial charge in [-0.1, -0.05) is 34.1 Å². The van der Waals surface area contributed by atoms with Crippen molar-refractivity contribution in [2.45, 2.75) is 97.2 Å². The summed E-state index contributed by atoms with van der Waals surface area (Å²) in [4.78, 5) is 0. The van der Waals surface area contributed by atoms with E-state index in [9.17, 15) is 15.3 Å². The van der Waals surface area contributed by atoms with Crippen LogP contribution in [0.2, 0.25) is 0 Å². The van der Waals surface area contributed by atoms with Crippen LogP contribution < -0.4 is 0 Å². The predicted molar refractivity (Wildman–Crippen MR) is 96.6 cm³/mol. The molecule has 24 heavy (non-hydrogen) atoms. The normalized spacial score (nSPS) is 46.6. The van der Waals surface area contributed by atoms with Gasteiger partial charge in [0.05, 0.1) is 18.3 Å². The minimum Gasteiger partial charge on any atom is -0.393 e. The molecule has 0 heterocycles. The number of fused-ring (bicyclic) bond motifs is 1. The molecule has 3 nitrogen and oxygen atoms in total. The number of aliphatic hydroxyl groups is 3. The second-order valence-corrected chi connectivity index (χ2v) is 10.8. The average Bonchev–Trinajstić information content (AvgIpc) is 2.71. The Kier molecular flexibility index (Phi) is 4.63. The lowest BCUT2D eigenvalue weighted by Crippen LogP contribution is -2.46. The molecular weight excluding hydrogens is 300 g/mol. The first-order chi connectivity index (χ1) is 11.0. The highest BCUT2D eigenvalue weighted by molar-refractivity contribution is 5.13. The Morgan fingerprint density at radius 3 is 2.50 bits per heavy atom. The van der Waals surface area contributed by atoms with Crippen LogP contribution in [0.5, 0.6) is 0 Å². The van der Waals surface area contributed by atoms with Gasteiger partial charge in [0.25, 0.3) is 0 Å². The van der Waals surface area contributed by atoms with Crippen molar-refractivity contribution in [1.82, 2.24) is 0 Å². The molecule has 3 N–H and O–H groups in total. The van der Waals surface area contributed by atoms with Gasteiger partial charge < -0.3 is 15.3 Å². The van der Waals surface area contributed by atoms with Gasteiger partial charge in [0.1, 0.15) is 0 Å². The van der Waals surface area contributed by atoms with E-state index in [1.54, 1.807) is 0 Å². The standard InChI is InChI=1S/C21H38O3/c1-18(2,3)17(23)8-11-19(4)9-5-10-20-12-15(6-7-16(19)20)21(24,13-20)14-22/h15-17,22-24H,5-14H2,1-4H3/t15-,16?,17?,19+,20+,21+/m1/s1. The minimum atomic E-state index is -0.835. The average molecular weight is 339 g/mol. The Labute approximate surface area is 147 Å². The summed E-state index contributed by atoms with van der Waals surface area (Å²) in [6.45, 7) is 8.71. The van der Waals surface area contributed by atoms with Crippen molar-refractivity contribution >= 4 is 0 Å². The first-order valence-corrected chi connectivity index (χ1v) is 10.1. The van der Waals surface area contributed by atoms with E-state index in [1.165, 1.54) is 25.7 Å². The molecule has 3 rings (SSSR count). The maximum Gasteiger partial charge on any atom is 0.0910 e. The molecule has 3 saturated carbocycles. The summed E-state index contributed by atoms with van der Waals surface area (Å²) in [6.07, 6.45) is 9.55. The zero-order chi connectivity index (χ0) is 17.8. The fourth-order valence-corrected chi connectivity index (χ4v) is 6.67. The lowest BCUT2D eigenvalue weighted by molar-refractivity contribution is -0.0639. The quantitative estimate of drug-likeness (QED) is 0.729. The molecule has 2 unspecified atom stereocenters. The molecule has 0 aromatic heterocycles. The molecule has 0 amide bonds. The van der Waals surface area contributed by atoms with Gasteiger partial charge in [-0.15, -0.1) is 0 Å². The van der Waals surface area contributed by atoms with Crippen LogP contribution in [0.3, 0.4) is 0 Å². The Morgan fingerprint density at radius 1 is 1.17 bits per heavy atom. The van der Waals surface area contributed by atoms with E-state index in [2.05, 4.69) is 27.7 Å². The van der Waals surface area contributed by atoms with Crippen molar-refractivity contribution in [2.75, 3.05) is 6.61 Å². The smallest absolute Gasteiger partial charge is 0.0910 e. The monoisotopic (exact) mass is 338 g/mol. The SMILES string of the molecule is CC(C)(C)C(O)CC[C@]1(C)CCC[C@@]23C[C@@H](CCC12)[C@@](O)(CO)C3. The van der Waals surface area contributed by atoms with Crippen LogP contribution in [0, 0.1) is 28.1 Å². The fraction of sp³-hybridized carbons (Fsp3) is 1.00. The summed E-state index contributed by atoms with van der Waals surface area (Å²) >= 11 is 0. The van der Waals surface area contributed by atoms with Gasteiger partial charge >= 0.3 is 0 Å². The third-order valence-electron chi connectivity index (χ3n) is 8.14. The molecular formula is C21H38O3. The molecule has 6 atom stereocenters. The van der Waals surface area contributed by atoms with Crippen LogP contribution in [0.1, 0.15) is 85.5 Å². The Hall–Kier alpha value is -0.120. The molecule has 3 aliphatic rings. The van der Waals surface area contributed by atoms with E-state index < -0.39 is 5.60 Å². The highest BCUT2D eigenvalue weighted by Crippen LogP contribution is 2.68. The van der Waals surface area contributed by atoms with Crippen LogP contribution in [-0.4, -0.2) is 33.6 Å². The first-order valence-electron chi connectivity index (χ1n) is 10.1. The summed E-state index contributed by atoms with van der Waals surface area (Å²) in [5.41, 5.74) is -0.376. The van der Waals surface area contributed by atoms with Gasteiger partial charge in [-0.25, -0.2) is 0 Å². The molecule has 0 aromatic carbocycles. The Morgan fingerprint density at radius 2 is 1.88 bits per heavy atom. The van der Waals surface area contributed by atoms with Gasteiger partial charge in [-0.3, -0.25) is 0 Å². The third-order valence-corrected chi connectivity index (χ3v) is 8.14. The van der Waals surface area contributed by atoms with Gasteiger partial charge in [0, 0.05) is 0 Å². The molecule has 0 radical (unpaired) electrons. The zero-order valence-corrected chi connectivity index (χ0v) is 16.1. The van der Waals surface area contributed by atoms with Crippen LogP contribution in [0.4, 0.5) is 0 Å². The van der Waals surface area contributed by atoms with Gasteiger partial charge in [0.15, 0.2) is 0 Å². The maximum atomic E-state index is 10.9. The van der Waals surface area contributed by atoms with E-state index >= 15 is 0 Å². The molecule has 3 heteroatoms. The van der Waals surface area contributed by atoms with E-state index in [4.69, 9.17) is 0 Å². The molecule has 3 fully saturated rings. The van der Waals surface area contributed by atoms with Crippen LogP contribution in [0.25, 0.3) is 0 Å². The summed E-state index contributed by atoms with van der Waals surface area (Å²) in [7, 11) is 0. The van der Waals surface area contributed by atoms with E-state index in [0.717, 1.165) is 32.1 Å². The third kappa shape index (κ3) is 2.95. The van der Waals surface area contributed by atoms with Gasteiger partial charge in [-0.05, 0) is 79.4 Å². The predicted octanol–water partition coefficient (Wildman–Crippen LogP) is 3.89. The number of aliphatic hydroxyl groups excluding tert-OH is 2. The minimum absolute atomic E-state index is 0.0507. The number of hydrogen-bond donors (Lipinski definition) is 3. The van der Waals surface area contributed by atoms with Crippen molar-refractivity contribution in [1.29, 1.82) is 0 Å². The lowest BCUT2D eigenvalue weighted by atomic mass is 9.50. The summed E-state index contributed by atoms with van der Waals surface area (Å²) < 4.78 is 0. The highest BCUT2D eigenvalue weighted by atomic mass is 16.3. The molecule has 0 saturated heterocycles. The molecule has 0 aliphatic heterocycles. The lowest BCUT2D eigenvalue weighted by Gasteiger charge is -2.55. The topological polar surface area (TPSA) is 60.7 Å². The maximum absolute atomic E-state index is 10.9. The summed E-state index contributed by atoms with van der Waals surface area (Å²) in [5.74, 6) is 0.934. The van der Waals surface area contributed by atoms with Crippen molar-refractivity contribution in [3.63, 3.8) is 0 Å².